The quantitative estimate of drug-likeness (QED) is 0.794. The normalized spacial score (nSPS) is 16.2. The standard InChI is InChI=1S/C12H13NO4/c1-7(6-17-2)13-11(15)9-4-3-8(14)5-10(9)12(13)16/h3-5,7,14H,6H2,1-2H3. The molecule has 17 heavy (non-hydrogen) atoms. The van der Waals surface area contributed by atoms with Crippen molar-refractivity contribution in [1.82, 2.24) is 4.90 Å². The lowest BCUT2D eigenvalue weighted by Gasteiger charge is -2.21. The Labute approximate surface area is 98.6 Å². The molecule has 1 atom stereocenters. The molecule has 1 unspecified atom stereocenters. The van der Waals surface area contributed by atoms with Crippen LogP contribution in [-0.4, -0.2) is 41.6 Å². The molecule has 1 heterocycles. The summed E-state index contributed by atoms with van der Waals surface area (Å²) in [6, 6.07) is 3.85. The number of methoxy groups -OCH3 is 1. The molecule has 0 saturated heterocycles. The van der Waals surface area contributed by atoms with Crippen LogP contribution in [0.1, 0.15) is 27.6 Å². The van der Waals surface area contributed by atoms with Gasteiger partial charge in [-0.1, -0.05) is 0 Å². The van der Waals surface area contributed by atoms with Crippen molar-refractivity contribution in [3.05, 3.63) is 29.3 Å². The minimum atomic E-state index is -0.384. The third-order valence-corrected chi connectivity index (χ3v) is 2.75. The molecule has 0 saturated carbocycles. The average Bonchev–Trinajstić information content (AvgIpc) is 2.52. The predicted molar refractivity (Wildman–Crippen MR) is 59.9 cm³/mol. The van der Waals surface area contributed by atoms with E-state index in [1.807, 2.05) is 0 Å². The molecule has 1 aliphatic rings. The largest absolute Gasteiger partial charge is 0.508 e. The summed E-state index contributed by atoms with van der Waals surface area (Å²) >= 11 is 0. The summed E-state index contributed by atoms with van der Waals surface area (Å²) in [6.07, 6.45) is 0. The highest BCUT2D eigenvalue weighted by Gasteiger charge is 2.38. The van der Waals surface area contributed by atoms with E-state index in [-0.39, 0.29) is 35.8 Å². The van der Waals surface area contributed by atoms with Crippen LogP contribution in [0, 0.1) is 0 Å². The molecule has 2 rings (SSSR count). The number of carbonyl (C=O) groups excluding carboxylic acids is 2. The van der Waals surface area contributed by atoms with E-state index >= 15 is 0 Å². The van der Waals surface area contributed by atoms with Gasteiger partial charge in [-0.25, -0.2) is 0 Å². The highest BCUT2D eigenvalue weighted by molar-refractivity contribution is 6.21. The fourth-order valence-corrected chi connectivity index (χ4v) is 1.96. The van der Waals surface area contributed by atoms with Crippen LogP contribution in [0.4, 0.5) is 0 Å². The monoisotopic (exact) mass is 235 g/mol. The van der Waals surface area contributed by atoms with Gasteiger partial charge < -0.3 is 9.84 Å². The van der Waals surface area contributed by atoms with Crippen molar-refractivity contribution in [1.29, 1.82) is 0 Å². The zero-order valence-electron chi connectivity index (χ0n) is 9.64. The van der Waals surface area contributed by atoms with Crippen molar-refractivity contribution < 1.29 is 19.4 Å². The number of fused-ring (bicyclic) bond motifs is 1. The van der Waals surface area contributed by atoms with Gasteiger partial charge in [-0.2, -0.15) is 0 Å². The second-order valence-corrected chi connectivity index (χ2v) is 4.01. The van der Waals surface area contributed by atoms with Crippen LogP contribution >= 0.6 is 0 Å². The summed E-state index contributed by atoms with van der Waals surface area (Å²) in [5.41, 5.74) is 0.578. The molecule has 0 fully saturated rings. The molecule has 0 spiro atoms. The topological polar surface area (TPSA) is 66.8 Å². The van der Waals surface area contributed by atoms with Crippen molar-refractivity contribution in [3.63, 3.8) is 0 Å². The van der Waals surface area contributed by atoms with Crippen molar-refractivity contribution in [2.45, 2.75) is 13.0 Å². The molecule has 0 aromatic heterocycles. The van der Waals surface area contributed by atoms with E-state index in [4.69, 9.17) is 4.74 Å². The SMILES string of the molecule is COCC(C)N1C(=O)c2ccc(O)cc2C1=O. The van der Waals surface area contributed by atoms with Crippen molar-refractivity contribution >= 4 is 11.8 Å². The number of benzene rings is 1. The third-order valence-electron chi connectivity index (χ3n) is 2.75. The molecular weight excluding hydrogens is 222 g/mol. The molecule has 0 radical (unpaired) electrons. The summed E-state index contributed by atoms with van der Waals surface area (Å²) in [5.74, 6) is -0.744. The summed E-state index contributed by atoms with van der Waals surface area (Å²) in [4.78, 5) is 25.2. The Morgan fingerprint density at radius 1 is 1.29 bits per heavy atom. The average molecular weight is 235 g/mol. The molecular formula is C12H13NO4. The van der Waals surface area contributed by atoms with Crippen molar-refractivity contribution in [2.75, 3.05) is 13.7 Å². The number of hydrogen-bond acceptors (Lipinski definition) is 4. The van der Waals surface area contributed by atoms with Gasteiger partial charge in [0.1, 0.15) is 5.75 Å². The van der Waals surface area contributed by atoms with Crippen LogP contribution in [-0.2, 0) is 4.74 Å². The van der Waals surface area contributed by atoms with Gasteiger partial charge in [0, 0.05) is 7.11 Å². The molecule has 2 amide bonds. The smallest absolute Gasteiger partial charge is 0.262 e. The third kappa shape index (κ3) is 1.78. The van der Waals surface area contributed by atoms with E-state index in [1.165, 1.54) is 25.3 Å². The number of rotatable bonds is 3. The number of amides is 2. The van der Waals surface area contributed by atoms with Crippen LogP contribution in [0.3, 0.4) is 0 Å². The minimum Gasteiger partial charge on any atom is -0.508 e. The van der Waals surface area contributed by atoms with E-state index < -0.39 is 0 Å². The molecule has 1 aromatic carbocycles. The number of imide groups is 1. The number of nitrogens with zero attached hydrogens (tertiary/aromatic N) is 1. The van der Waals surface area contributed by atoms with Gasteiger partial charge in [0.2, 0.25) is 0 Å². The van der Waals surface area contributed by atoms with Gasteiger partial charge >= 0.3 is 0 Å². The summed E-state index contributed by atoms with van der Waals surface area (Å²) in [7, 11) is 1.51. The molecule has 1 aliphatic heterocycles. The van der Waals surface area contributed by atoms with E-state index in [2.05, 4.69) is 0 Å². The summed E-state index contributed by atoms with van der Waals surface area (Å²) in [5, 5.41) is 9.32. The second-order valence-electron chi connectivity index (χ2n) is 4.01. The first kappa shape index (κ1) is 11.6. The Morgan fingerprint density at radius 2 is 1.94 bits per heavy atom. The van der Waals surface area contributed by atoms with Crippen LogP contribution in [0.5, 0.6) is 5.75 Å². The van der Waals surface area contributed by atoms with Crippen LogP contribution in [0.25, 0.3) is 0 Å². The zero-order valence-corrected chi connectivity index (χ0v) is 9.64. The number of ether oxygens (including phenoxy) is 1. The van der Waals surface area contributed by atoms with Gasteiger partial charge in [0.15, 0.2) is 0 Å². The van der Waals surface area contributed by atoms with E-state index in [1.54, 1.807) is 6.92 Å². The molecule has 0 bridgehead atoms. The maximum absolute atomic E-state index is 12.0. The molecule has 1 aromatic rings. The van der Waals surface area contributed by atoms with Gasteiger partial charge in [0.05, 0.1) is 23.8 Å². The lowest BCUT2D eigenvalue weighted by molar-refractivity contribution is 0.0497. The van der Waals surface area contributed by atoms with Crippen molar-refractivity contribution in [2.24, 2.45) is 0 Å². The Balaban J connectivity index is 2.38. The number of phenolic OH excluding ortho intramolecular Hbond substituents is 1. The zero-order chi connectivity index (χ0) is 12.6. The minimum absolute atomic E-state index is 0.0221. The van der Waals surface area contributed by atoms with E-state index in [0.717, 1.165) is 4.90 Å². The fraction of sp³-hybridized carbons (Fsp3) is 0.333. The van der Waals surface area contributed by atoms with Crippen molar-refractivity contribution in [3.8, 4) is 5.75 Å². The second kappa shape index (κ2) is 4.18. The molecule has 5 nitrogen and oxygen atoms in total. The number of carbonyl (C=O) groups is 2. The molecule has 90 valence electrons. The fourth-order valence-electron chi connectivity index (χ4n) is 1.96. The maximum atomic E-state index is 12.0. The first-order valence-corrected chi connectivity index (χ1v) is 5.26. The Morgan fingerprint density at radius 3 is 2.59 bits per heavy atom. The van der Waals surface area contributed by atoms with Crippen LogP contribution in [0.15, 0.2) is 18.2 Å². The van der Waals surface area contributed by atoms with Gasteiger partial charge in [-0.15, -0.1) is 0 Å². The van der Waals surface area contributed by atoms with E-state index in [0.29, 0.717) is 5.56 Å². The van der Waals surface area contributed by atoms with Gasteiger partial charge in [-0.05, 0) is 25.1 Å². The molecule has 0 aliphatic carbocycles. The van der Waals surface area contributed by atoms with Crippen LogP contribution < -0.4 is 0 Å². The summed E-state index contributed by atoms with van der Waals surface area (Å²) < 4.78 is 4.94. The first-order chi connectivity index (χ1) is 8.06. The predicted octanol–water partition coefficient (Wildman–Crippen LogP) is 1.02. The van der Waals surface area contributed by atoms with Gasteiger partial charge in [-0.3, -0.25) is 14.5 Å². The molecule has 5 heteroatoms. The lowest BCUT2D eigenvalue weighted by atomic mass is 10.1. The van der Waals surface area contributed by atoms with Gasteiger partial charge in [0.25, 0.3) is 11.8 Å². The Hall–Kier alpha value is -1.88. The summed E-state index contributed by atoms with van der Waals surface area (Å²) in [6.45, 7) is 2.03. The lowest BCUT2D eigenvalue weighted by Crippen LogP contribution is -2.40. The Bertz CT molecular complexity index is 483. The molecule has 1 N–H and O–H groups in total. The van der Waals surface area contributed by atoms with E-state index in [9.17, 15) is 14.7 Å². The maximum Gasteiger partial charge on any atom is 0.262 e. The first-order valence-electron chi connectivity index (χ1n) is 5.26. The number of phenols is 1. The Kier molecular flexibility index (Phi) is 2.85. The number of aromatic hydroxyl groups is 1. The van der Waals surface area contributed by atoms with Crippen LogP contribution in [0.2, 0.25) is 0 Å². The highest BCUT2D eigenvalue weighted by atomic mass is 16.5. The number of hydrogen-bond donors (Lipinski definition) is 1. The highest BCUT2D eigenvalue weighted by Crippen LogP contribution is 2.27.